The molecule has 0 bridgehead atoms. The van der Waals surface area contributed by atoms with Crippen molar-refractivity contribution in [1.82, 2.24) is 20.3 Å². The molecule has 0 fully saturated rings. The Morgan fingerprint density at radius 1 is 1.53 bits per heavy atom. The number of rotatable bonds is 4. The van der Waals surface area contributed by atoms with Crippen molar-refractivity contribution >= 4 is 11.2 Å². The lowest BCUT2D eigenvalue weighted by Crippen LogP contribution is -2.17. The van der Waals surface area contributed by atoms with Crippen LogP contribution in [0.25, 0.3) is 11.2 Å². The summed E-state index contributed by atoms with van der Waals surface area (Å²) < 4.78 is 0. The molecule has 2 aromatic heterocycles. The van der Waals surface area contributed by atoms with Crippen LogP contribution in [0.3, 0.4) is 0 Å². The molecular formula is C10H14N4O. The first kappa shape index (κ1) is 10.1. The van der Waals surface area contributed by atoms with Gasteiger partial charge in [0.05, 0.1) is 12.1 Å². The van der Waals surface area contributed by atoms with Crippen LogP contribution in [0.5, 0.6) is 0 Å². The fourth-order valence-corrected chi connectivity index (χ4v) is 1.53. The molecule has 0 atom stereocenters. The van der Waals surface area contributed by atoms with E-state index in [0.29, 0.717) is 13.1 Å². The number of aryl methyl sites for hydroxylation is 1. The molecule has 0 aliphatic rings. The lowest BCUT2D eigenvalue weighted by molar-refractivity contribution is 0.292. The second kappa shape index (κ2) is 4.37. The smallest absolute Gasteiger partial charge is 0.177 e. The van der Waals surface area contributed by atoms with Crippen LogP contribution < -0.4 is 5.32 Å². The van der Waals surface area contributed by atoms with Crippen LogP contribution in [0.15, 0.2) is 12.3 Å². The molecule has 0 aromatic carbocycles. The van der Waals surface area contributed by atoms with Crippen molar-refractivity contribution in [3.8, 4) is 0 Å². The van der Waals surface area contributed by atoms with E-state index in [1.807, 2.05) is 13.0 Å². The third-order valence-corrected chi connectivity index (χ3v) is 2.20. The van der Waals surface area contributed by atoms with Crippen LogP contribution in [0.2, 0.25) is 0 Å². The van der Waals surface area contributed by atoms with Crippen molar-refractivity contribution in [3.05, 3.63) is 23.7 Å². The summed E-state index contributed by atoms with van der Waals surface area (Å²) in [5.41, 5.74) is 2.84. The molecule has 0 unspecified atom stereocenters. The van der Waals surface area contributed by atoms with Gasteiger partial charge in [0, 0.05) is 19.3 Å². The van der Waals surface area contributed by atoms with Crippen LogP contribution >= 0.6 is 0 Å². The Kier molecular flexibility index (Phi) is 2.94. The van der Waals surface area contributed by atoms with Gasteiger partial charge in [-0.25, -0.2) is 9.97 Å². The number of H-pyrrole nitrogens is 1. The van der Waals surface area contributed by atoms with Crippen molar-refractivity contribution in [3.63, 3.8) is 0 Å². The molecule has 0 saturated carbocycles. The van der Waals surface area contributed by atoms with E-state index in [-0.39, 0.29) is 6.61 Å². The number of aliphatic hydroxyl groups excluding tert-OH is 1. The first-order valence-electron chi connectivity index (χ1n) is 4.93. The van der Waals surface area contributed by atoms with Crippen molar-refractivity contribution < 1.29 is 5.11 Å². The first-order valence-corrected chi connectivity index (χ1v) is 4.93. The van der Waals surface area contributed by atoms with Gasteiger partial charge in [0.25, 0.3) is 0 Å². The minimum atomic E-state index is 0.149. The van der Waals surface area contributed by atoms with E-state index in [9.17, 15) is 0 Å². The number of hydrogen-bond donors (Lipinski definition) is 3. The number of nitrogens with zero attached hydrogens (tertiary/aromatic N) is 2. The van der Waals surface area contributed by atoms with Crippen molar-refractivity contribution in [2.24, 2.45) is 0 Å². The van der Waals surface area contributed by atoms with E-state index in [1.54, 1.807) is 6.20 Å². The normalized spacial score (nSPS) is 11.1. The van der Waals surface area contributed by atoms with Gasteiger partial charge in [-0.1, -0.05) is 0 Å². The Bertz CT molecular complexity index is 452. The van der Waals surface area contributed by atoms with Crippen LogP contribution in [-0.2, 0) is 6.54 Å². The van der Waals surface area contributed by atoms with Crippen molar-refractivity contribution in [2.45, 2.75) is 13.5 Å². The highest BCUT2D eigenvalue weighted by atomic mass is 16.3. The molecular weight excluding hydrogens is 192 g/mol. The first-order chi connectivity index (χ1) is 7.31. The fourth-order valence-electron chi connectivity index (χ4n) is 1.53. The zero-order chi connectivity index (χ0) is 10.7. The molecule has 0 amide bonds. The summed E-state index contributed by atoms with van der Waals surface area (Å²) in [4.78, 5) is 11.6. The fraction of sp³-hybridized carbons (Fsp3) is 0.400. The third-order valence-electron chi connectivity index (χ3n) is 2.20. The standard InChI is InChI=1S/C10H14N4O/c1-7-13-9-8(6-11-4-5-15)2-3-12-10(9)14-7/h2-3,11,15H,4-6H2,1H3,(H,12,13,14). The number of aliphatic hydroxyl groups is 1. The number of aromatic nitrogens is 3. The molecule has 3 N–H and O–H groups in total. The monoisotopic (exact) mass is 206 g/mol. The maximum Gasteiger partial charge on any atom is 0.177 e. The highest BCUT2D eigenvalue weighted by Crippen LogP contribution is 2.13. The molecule has 5 heteroatoms. The summed E-state index contributed by atoms with van der Waals surface area (Å²) in [6.07, 6.45) is 1.75. The predicted molar refractivity (Wildman–Crippen MR) is 57.4 cm³/mol. The quantitative estimate of drug-likeness (QED) is 0.631. The minimum absolute atomic E-state index is 0.149. The number of pyridine rings is 1. The van der Waals surface area contributed by atoms with Crippen LogP contribution in [0.4, 0.5) is 0 Å². The summed E-state index contributed by atoms with van der Waals surface area (Å²) >= 11 is 0. The van der Waals surface area contributed by atoms with Gasteiger partial charge < -0.3 is 15.4 Å². The number of fused-ring (bicyclic) bond motifs is 1. The Balaban J connectivity index is 2.25. The number of nitrogens with one attached hydrogen (secondary N) is 2. The topological polar surface area (TPSA) is 73.8 Å². The van der Waals surface area contributed by atoms with Gasteiger partial charge in [-0.2, -0.15) is 0 Å². The zero-order valence-corrected chi connectivity index (χ0v) is 8.62. The highest BCUT2D eigenvalue weighted by molar-refractivity contribution is 5.74. The van der Waals surface area contributed by atoms with E-state index < -0.39 is 0 Å². The number of imidazole rings is 1. The van der Waals surface area contributed by atoms with Gasteiger partial charge in [0.2, 0.25) is 0 Å². The highest BCUT2D eigenvalue weighted by Gasteiger charge is 2.05. The average molecular weight is 206 g/mol. The van der Waals surface area contributed by atoms with Gasteiger partial charge >= 0.3 is 0 Å². The maximum absolute atomic E-state index is 8.67. The lowest BCUT2D eigenvalue weighted by Gasteiger charge is -2.03. The number of hydrogen-bond acceptors (Lipinski definition) is 4. The van der Waals surface area contributed by atoms with Crippen LogP contribution in [-0.4, -0.2) is 33.2 Å². The van der Waals surface area contributed by atoms with Crippen LogP contribution in [0.1, 0.15) is 11.4 Å². The molecule has 0 aliphatic heterocycles. The summed E-state index contributed by atoms with van der Waals surface area (Å²) in [6.45, 7) is 3.36. The summed E-state index contributed by atoms with van der Waals surface area (Å²) in [7, 11) is 0. The molecule has 0 radical (unpaired) electrons. The SMILES string of the molecule is Cc1nc2nccc(CNCCO)c2[nH]1. The Hall–Kier alpha value is -1.46. The molecule has 15 heavy (non-hydrogen) atoms. The van der Waals surface area contributed by atoms with Crippen LogP contribution in [0, 0.1) is 6.92 Å². The van der Waals surface area contributed by atoms with Gasteiger partial charge in [0.1, 0.15) is 5.82 Å². The summed E-state index contributed by atoms with van der Waals surface area (Å²) in [5, 5.41) is 11.8. The van der Waals surface area contributed by atoms with E-state index >= 15 is 0 Å². The Morgan fingerprint density at radius 3 is 3.20 bits per heavy atom. The second-order valence-electron chi connectivity index (χ2n) is 3.39. The Morgan fingerprint density at radius 2 is 2.40 bits per heavy atom. The predicted octanol–water partition coefficient (Wildman–Crippen LogP) is 0.348. The third kappa shape index (κ3) is 2.14. The van der Waals surface area contributed by atoms with Gasteiger partial charge in [-0.15, -0.1) is 0 Å². The number of aromatic amines is 1. The molecule has 2 rings (SSSR count). The second-order valence-corrected chi connectivity index (χ2v) is 3.39. The van der Waals surface area contributed by atoms with E-state index in [0.717, 1.165) is 22.6 Å². The molecule has 2 aromatic rings. The molecule has 0 spiro atoms. The molecule has 2 heterocycles. The zero-order valence-electron chi connectivity index (χ0n) is 8.62. The Labute approximate surface area is 87.6 Å². The van der Waals surface area contributed by atoms with Crippen molar-refractivity contribution in [2.75, 3.05) is 13.2 Å². The van der Waals surface area contributed by atoms with Gasteiger partial charge in [-0.05, 0) is 18.6 Å². The maximum atomic E-state index is 8.67. The van der Waals surface area contributed by atoms with E-state index in [2.05, 4.69) is 20.3 Å². The average Bonchev–Trinajstić information content (AvgIpc) is 2.59. The van der Waals surface area contributed by atoms with Crippen molar-refractivity contribution in [1.29, 1.82) is 0 Å². The summed E-state index contributed by atoms with van der Waals surface area (Å²) in [6, 6.07) is 1.95. The molecule has 0 aliphatic carbocycles. The lowest BCUT2D eigenvalue weighted by atomic mass is 10.2. The summed E-state index contributed by atoms with van der Waals surface area (Å²) in [5.74, 6) is 0.868. The largest absolute Gasteiger partial charge is 0.395 e. The van der Waals surface area contributed by atoms with E-state index in [1.165, 1.54) is 0 Å². The van der Waals surface area contributed by atoms with E-state index in [4.69, 9.17) is 5.11 Å². The minimum Gasteiger partial charge on any atom is -0.395 e. The molecule has 80 valence electrons. The molecule has 0 saturated heterocycles. The van der Waals surface area contributed by atoms with Gasteiger partial charge in [0.15, 0.2) is 5.65 Å². The molecule has 5 nitrogen and oxygen atoms in total. The van der Waals surface area contributed by atoms with Gasteiger partial charge in [-0.3, -0.25) is 0 Å².